The zero-order valence-electron chi connectivity index (χ0n) is 21.0. The molecular formula is C26H23BrF4N4O5. The molecule has 3 N–H and O–H groups in total. The first kappa shape index (κ1) is 30.3. The van der Waals surface area contributed by atoms with Gasteiger partial charge in [0.25, 0.3) is 11.7 Å². The molecule has 3 aromatic rings. The minimum absolute atomic E-state index is 0.386. The molecule has 0 radical (unpaired) electrons. The molecular weight excluding hydrogens is 604 g/mol. The molecule has 2 atom stereocenters. The Bertz CT molecular complexity index is 1470. The number of rotatable bonds is 10. The van der Waals surface area contributed by atoms with Crippen molar-refractivity contribution in [3.05, 3.63) is 83.6 Å². The van der Waals surface area contributed by atoms with Crippen molar-refractivity contribution in [2.75, 3.05) is 13.6 Å². The number of nitrogens with one attached hydrogen (secondary N) is 1. The molecule has 0 aliphatic heterocycles. The van der Waals surface area contributed by atoms with Crippen LogP contribution in [-0.4, -0.2) is 58.7 Å². The molecule has 2 unspecified atom stereocenters. The maximum atomic E-state index is 14.0. The second kappa shape index (κ2) is 12.3. The Hall–Kier alpha value is -4.20. The Morgan fingerprint density at radius 1 is 1.18 bits per heavy atom. The van der Waals surface area contributed by atoms with E-state index in [9.17, 15) is 31.9 Å². The number of carbonyl (C=O) groups excluding carboxylic acids is 3. The van der Waals surface area contributed by atoms with E-state index in [1.54, 1.807) is 48.1 Å². The lowest BCUT2D eigenvalue weighted by atomic mass is 9.85. The molecule has 0 spiro atoms. The average molecular weight is 627 g/mol. The molecule has 40 heavy (non-hydrogen) atoms. The van der Waals surface area contributed by atoms with Crippen molar-refractivity contribution in [3.8, 4) is 0 Å². The van der Waals surface area contributed by atoms with Crippen molar-refractivity contribution in [2.24, 2.45) is 12.8 Å². The summed E-state index contributed by atoms with van der Waals surface area (Å²) in [5.74, 6) is -7.10. The molecule has 1 amide bonds. The number of aryl methyl sites for hydroxylation is 1. The van der Waals surface area contributed by atoms with Crippen LogP contribution in [0.2, 0.25) is 0 Å². The average Bonchev–Trinajstić information content (AvgIpc) is 3.23. The fraction of sp³-hybridized carbons (Fsp3) is 0.231. The lowest BCUT2D eigenvalue weighted by molar-refractivity contribution is -0.206. The van der Waals surface area contributed by atoms with E-state index in [0.717, 1.165) is 11.9 Å². The third kappa shape index (κ3) is 6.50. The number of Topliss-reactive ketones (excluding diaryl/α,β-unsaturated/α-hetero) is 1. The van der Waals surface area contributed by atoms with Crippen molar-refractivity contribution < 1.29 is 40.5 Å². The van der Waals surface area contributed by atoms with Crippen molar-refractivity contribution in [3.63, 3.8) is 0 Å². The Labute approximate surface area is 234 Å². The predicted octanol–water partition coefficient (Wildman–Crippen LogP) is 4.10. The van der Waals surface area contributed by atoms with Gasteiger partial charge in [-0.3, -0.25) is 15.0 Å². The minimum atomic E-state index is -5.36. The number of benzene rings is 2. The van der Waals surface area contributed by atoms with Crippen LogP contribution in [-0.2, 0) is 30.0 Å². The minimum Gasteiger partial charge on any atom is -0.453 e. The number of alkyl halides is 3. The molecule has 3 rings (SSSR count). The summed E-state index contributed by atoms with van der Waals surface area (Å²) in [5.41, 5.74) is 5.38. The van der Waals surface area contributed by atoms with Gasteiger partial charge in [-0.05, 0) is 29.3 Å². The van der Waals surface area contributed by atoms with Gasteiger partial charge >= 0.3 is 12.1 Å². The number of esters is 1. The van der Waals surface area contributed by atoms with Gasteiger partial charge in [0.05, 0.1) is 12.1 Å². The van der Waals surface area contributed by atoms with Crippen molar-refractivity contribution in [1.82, 2.24) is 9.47 Å². The molecule has 0 saturated carbocycles. The first-order chi connectivity index (χ1) is 18.8. The van der Waals surface area contributed by atoms with Crippen LogP contribution in [0.5, 0.6) is 0 Å². The lowest BCUT2D eigenvalue weighted by Crippen LogP contribution is -2.45. The van der Waals surface area contributed by atoms with Crippen LogP contribution in [0.15, 0.2) is 66.7 Å². The van der Waals surface area contributed by atoms with Gasteiger partial charge in [0.1, 0.15) is 11.9 Å². The van der Waals surface area contributed by atoms with Crippen molar-refractivity contribution >= 4 is 50.5 Å². The molecule has 9 nitrogen and oxygen atoms in total. The van der Waals surface area contributed by atoms with Gasteiger partial charge in [0.2, 0.25) is 5.76 Å². The smallest absolute Gasteiger partial charge is 0.453 e. The molecule has 0 fully saturated rings. The predicted molar refractivity (Wildman–Crippen MR) is 140 cm³/mol. The van der Waals surface area contributed by atoms with Gasteiger partial charge in [0.15, 0.2) is 22.0 Å². The number of fused-ring (bicyclic) bond motifs is 1. The van der Waals surface area contributed by atoms with E-state index in [1.165, 1.54) is 18.2 Å². The summed E-state index contributed by atoms with van der Waals surface area (Å²) < 4.78 is 65.2. The highest BCUT2D eigenvalue weighted by Gasteiger charge is 2.44. The molecule has 0 saturated heterocycles. The Morgan fingerprint density at radius 2 is 1.82 bits per heavy atom. The number of likely N-dealkylation sites (N-methyl/N-ethyl adjacent to an activating group) is 1. The second-order valence-electron chi connectivity index (χ2n) is 8.68. The molecule has 0 aliphatic carbocycles. The van der Waals surface area contributed by atoms with Gasteiger partial charge in [-0.1, -0.05) is 30.3 Å². The standard InChI is InChI=1S/C26H23BrF4N4O5/c1-34-12-17(16-9-8-15(28)10-18(16)34)21(14-6-4-3-5-7-14)20(39-25(38)26(29,30)31)13-35(2)24(37)22(33)23(36)19(11-32)40-27/h3-12,20-21,33H,13,32H2,1-2H3/b19-11+,33-22?. The second-order valence-corrected chi connectivity index (χ2v) is 9.01. The van der Waals surface area contributed by atoms with Gasteiger partial charge in [0, 0.05) is 37.8 Å². The van der Waals surface area contributed by atoms with Crippen LogP contribution in [0.4, 0.5) is 17.6 Å². The number of aromatic nitrogens is 1. The van der Waals surface area contributed by atoms with Gasteiger partial charge < -0.3 is 23.8 Å². The maximum Gasteiger partial charge on any atom is 0.490 e. The summed E-state index contributed by atoms with van der Waals surface area (Å²) >= 11 is 2.53. The van der Waals surface area contributed by atoms with E-state index in [-0.39, 0.29) is 0 Å². The molecule has 1 heterocycles. The van der Waals surface area contributed by atoms with Gasteiger partial charge in [-0.15, -0.1) is 0 Å². The van der Waals surface area contributed by atoms with Crippen LogP contribution in [0.1, 0.15) is 17.0 Å². The molecule has 212 valence electrons. The SMILES string of the molecule is CN(CC(OC(=O)C(F)(F)F)C(c1ccccc1)c1cn(C)c2cc(F)ccc12)C(=O)C(=N)C(=O)/C(=C\N)OBr. The summed E-state index contributed by atoms with van der Waals surface area (Å²) in [5, 5.41) is 8.42. The summed E-state index contributed by atoms with van der Waals surface area (Å²) in [4.78, 5) is 38.1. The van der Waals surface area contributed by atoms with Crippen LogP contribution >= 0.6 is 16.3 Å². The topological polar surface area (TPSA) is 128 Å². The maximum absolute atomic E-state index is 14.0. The number of allylic oxidation sites excluding steroid dienone is 1. The fourth-order valence-corrected chi connectivity index (χ4v) is 4.46. The van der Waals surface area contributed by atoms with Crippen LogP contribution in [0, 0.1) is 11.2 Å². The Kier molecular flexibility index (Phi) is 9.35. The number of nitrogens with two attached hydrogens (primary N) is 1. The first-order valence-corrected chi connectivity index (χ1v) is 12.1. The van der Waals surface area contributed by atoms with E-state index in [2.05, 4.69) is 20.1 Å². The highest BCUT2D eigenvalue weighted by atomic mass is 79.9. The number of hydrogen-bond acceptors (Lipinski definition) is 7. The zero-order chi connectivity index (χ0) is 29.8. The van der Waals surface area contributed by atoms with Crippen molar-refractivity contribution in [2.45, 2.75) is 18.2 Å². The Balaban J connectivity index is 2.13. The Morgan fingerprint density at radius 3 is 2.40 bits per heavy atom. The number of ether oxygens (including phenoxy) is 1. The highest BCUT2D eigenvalue weighted by Crippen LogP contribution is 2.37. The summed E-state index contributed by atoms with van der Waals surface area (Å²) in [7, 11) is 2.74. The van der Waals surface area contributed by atoms with Crippen LogP contribution in [0.3, 0.4) is 0 Å². The van der Waals surface area contributed by atoms with Crippen molar-refractivity contribution in [1.29, 1.82) is 5.41 Å². The molecule has 14 heteroatoms. The number of amides is 1. The highest BCUT2D eigenvalue weighted by molar-refractivity contribution is 9.06. The van der Waals surface area contributed by atoms with Gasteiger partial charge in [-0.2, -0.15) is 13.2 Å². The number of halogens is 5. The van der Waals surface area contributed by atoms with Crippen LogP contribution < -0.4 is 5.73 Å². The summed E-state index contributed by atoms with van der Waals surface area (Å²) in [6.07, 6.45) is -4.75. The van der Waals surface area contributed by atoms with E-state index < -0.39 is 59.7 Å². The fourth-order valence-electron chi connectivity index (χ4n) is 4.21. The zero-order valence-corrected chi connectivity index (χ0v) is 22.6. The largest absolute Gasteiger partial charge is 0.490 e. The van der Waals surface area contributed by atoms with E-state index in [1.807, 2.05) is 0 Å². The first-order valence-electron chi connectivity index (χ1n) is 11.5. The van der Waals surface area contributed by atoms with Gasteiger partial charge in [-0.25, -0.2) is 9.18 Å². The van der Waals surface area contributed by atoms with E-state index in [0.29, 0.717) is 28.2 Å². The third-order valence-corrected chi connectivity index (χ3v) is 6.39. The van der Waals surface area contributed by atoms with E-state index in [4.69, 9.17) is 15.9 Å². The number of nitrogens with zero attached hydrogens (tertiary/aromatic N) is 2. The number of hydrogen-bond donors (Lipinski definition) is 2. The number of ketones is 1. The van der Waals surface area contributed by atoms with Crippen LogP contribution in [0.25, 0.3) is 10.9 Å². The summed E-state index contributed by atoms with van der Waals surface area (Å²) in [6, 6.07) is 12.0. The number of carbonyl (C=O) groups is 3. The normalized spacial score (nSPS) is 13.4. The molecule has 2 aromatic carbocycles. The molecule has 0 aliphatic rings. The molecule has 0 bridgehead atoms. The monoisotopic (exact) mass is 626 g/mol. The van der Waals surface area contributed by atoms with E-state index >= 15 is 0 Å². The summed E-state index contributed by atoms with van der Waals surface area (Å²) in [6.45, 7) is -0.662. The third-order valence-electron chi connectivity index (χ3n) is 6.04. The molecule has 1 aromatic heterocycles. The lowest BCUT2D eigenvalue weighted by Gasteiger charge is -2.31. The quantitative estimate of drug-likeness (QED) is 0.0871.